The van der Waals surface area contributed by atoms with Crippen LogP contribution in [0.25, 0.3) is 11.0 Å². The monoisotopic (exact) mass is 403 g/mol. The maximum absolute atomic E-state index is 11.0. The van der Waals surface area contributed by atoms with Crippen LogP contribution in [0.4, 0.5) is 5.82 Å². The zero-order valence-corrected chi connectivity index (χ0v) is 16.0. The van der Waals surface area contributed by atoms with Crippen molar-refractivity contribution in [1.29, 1.82) is 0 Å². The molecule has 0 spiro atoms. The minimum Gasteiger partial charge on any atom is -0.385 e. The SMILES string of the molecule is C[C@@]1(O)[C@@H](Cc2ccc(Cl)cc2CN)O[C@@H](n2ccc3c(N)ncnc32)[C@@H]1O. The predicted octanol–water partition coefficient (Wildman–Crippen LogP) is 1.38. The van der Waals surface area contributed by atoms with Gasteiger partial charge in [-0.2, -0.15) is 0 Å². The van der Waals surface area contributed by atoms with E-state index in [1.165, 1.54) is 6.33 Å². The highest BCUT2D eigenvalue weighted by Crippen LogP contribution is 2.40. The van der Waals surface area contributed by atoms with Gasteiger partial charge >= 0.3 is 0 Å². The molecule has 0 unspecified atom stereocenters. The number of anilines is 1. The topological polar surface area (TPSA) is 132 Å². The van der Waals surface area contributed by atoms with E-state index in [0.29, 0.717) is 34.8 Å². The van der Waals surface area contributed by atoms with Crippen molar-refractivity contribution in [2.75, 3.05) is 5.73 Å². The van der Waals surface area contributed by atoms with Crippen molar-refractivity contribution in [1.82, 2.24) is 14.5 Å². The van der Waals surface area contributed by atoms with Crippen LogP contribution in [-0.4, -0.2) is 42.6 Å². The largest absolute Gasteiger partial charge is 0.385 e. The Morgan fingerprint density at radius 1 is 1.29 bits per heavy atom. The molecule has 1 aliphatic heterocycles. The van der Waals surface area contributed by atoms with Gasteiger partial charge in [-0.3, -0.25) is 0 Å². The minimum atomic E-state index is -1.48. The number of halogens is 1. The summed E-state index contributed by atoms with van der Waals surface area (Å²) in [5.74, 6) is 0.341. The fraction of sp³-hybridized carbons (Fsp3) is 0.368. The van der Waals surface area contributed by atoms with E-state index in [0.717, 1.165) is 11.1 Å². The van der Waals surface area contributed by atoms with Crippen LogP contribution in [0.1, 0.15) is 24.3 Å². The minimum absolute atomic E-state index is 0.315. The van der Waals surface area contributed by atoms with Gasteiger partial charge in [0, 0.05) is 24.2 Å². The summed E-state index contributed by atoms with van der Waals surface area (Å²) in [7, 11) is 0. The smallest absolute Gasteiger partial charge is 0.164 e. The summed E-state index contributed by atoms with van der Waals surface area (Å²) < 4.78 is 7.77. The number of benzene rings is 1. The van der Waals surface area contributed by atoms with Gasteiger partial charge in [0.2, 0.25) is 0 Å². The van der Waals surface area contributed by atoms with E-state index in [4.69, 9.17) is 27.8 Å². The van der Waals surface area contributed by atoms with Gasteiger partial charge in [0.25, 0.3) is 0 Å². The number of hydrogen-bond donors (Lipinski definition) is 4. The van der Waals surface area contributed by atoms with E-state index < -0.39 is 24.0 Å². The number of nitrogens with zero attached hydrogens (tertiary/aromatic N) is 3. The van der Waals surface area contributed by atoms with Gasteiger partial charge in [-0.25, -0.2) is 9.97 Å². The van der Waals surface area contributed by atoms with Gasteiger partial charge in [0.05, 0.1) is 11.5 Å². The molecule has 1 saturated heterocycles. The molecule has 0 radical (unpaired) electrons. The van der Waals surface area contributed by atoms with Gasteiger partial charge in [-0.15, -0.1) is 0 Å². The number of aliphatic hydroxyl groups is 2. The van der Waals surface area contributed by atoms with Crippen LogP contribution in [0.3, 0.4) is 0 Å². The number of aromatic nitrogens is 3. The highest BCUT2D eigenvalue weighted by atomic mass is 35.5. The molecule has 0 saturated carbocycles. The number of nitrogen functional groups attached to an aromatic ring is 1. The third-order valence-corrected chi connectivity index (χ3v) is 5.67. The third-order valence-electron chi connectivity index (χ3n) is 5.43. The molecule has 3 heterocycles. The highest BCUT2D eigenvalue weighted by Gasteiger charge is 2.53. The first-order valence-electron chi connectivity index (χ1n) is 8.93. The lowest BCUT2D eigenvalue weighted by Gasteiger charge is -2.27. The van der Waals surface area contributed by atoms with Crippen molar-refractivity contribution in [3.8, 4) is 0 Å². The Hall–Kier alpha value is -2.23. The molecule has 4 rings (SSSR count). The van der Waals surface area contributed by atoms with Crippen molar-refractivity contribution in [2.24, 2.45) is 5.73 Å². The number of ether oxygens (including phenoxy) is 1. The Bertz CT molecular complexity index is 1020. The molecule has 8 nitrogen and oxygen atoms in total. The average molecular weight is 404 g/mol. The predicted molar refractivity (Wildman–Crippen MR) is 106 cm³/mol. The second-order valence-corrected chi connectivity index (χ2v) is 7.66. The van der Waals surface area contributed by atoms with E-state index >= 15 is 0 Å². The number of fused-ring (bicyclic) bond motifs is 1. The maximum Gasteiger partial charge on any atom is 0.164 e. The molecule has 0 bridgehead atoms. The maximum atomic E-state index is 11.0. The molecular formula is C19H22ClN5O3. The molecule has 2 aromatic heterocycles. The molecule has 0 aliphatic carbocycles. The number of rotatable bonds is 4. The molecule has 148 valence electrons. The van der Waals surface area contributed by atoms with E-state index in [2.05, 4.69) is 9.97 Å². The summed E-state index contributed by atoms with van der Waals surface area (Å²) in [6.07, 6.45) is 0.803. The first-order valence-corrected chi connectivity index (χ1v) is 9.31. The van der Waals surface area contributed by atoms with Crippen molar-refractivity contribution < 1.29 is 14.9 Å². The normalized spacial score (nSPS) is 27.5. The van der Waals surface area contributed by atoms with E-state index in [1.54, 1.807) is 35.9 Å². The number of aliphatic hydroxyl groups excluding tert-OH is 1. The van der Waals surface area contributed by atoms with Crippen molar-refractivity contribution >= 4 is 28.5 Å². The van der Waals surface area contributed by atoms with Crippen LogP contribution >= 0.6 is 11.6 Å². The fourth-order valence-corrected chi connectivity index (χ4v) is 3.91. The number of nitrogens with two attached hydrogens (primary N) is 2. The Morgan fingerprint density at radius 3 is 2.82 bits per heavy atom. The number of hydrogen-bond acceptors (Lipinski definition) is 7. The summed E-state index contributed by atoms with van der Waals surface area (Å²) in [6, 6.07) is 7.19. The highest BCUT2D eigenvalue weighted by molar-refractivity contribution is 6.30. The fourth-order valence-electron chi connectivity index (χ4n) is 3.71. The van der Waals surface area contributed by atoms with Gasteiger partial charge in [-0.1, -0.05) is 17.7 Å². The summed E-state index contributed by atoms with van der Waals surface area (Å²) >= 11 is 6.05. The summed E-state index contributed by atoms with van der Waals surface area (Å²) in [5.41, 5.74) is 12.6. The zero-order valence-electron chi connectivity index (χ0n) is 15.3. The van der Waals surface area contributed by atoms with Crippen LogP contribution < -0.4 is 11.5 Å². The van der Waals surface area contributed by atoms with Crippen LogP contribution in [0, 0.1) is 0 Å². The van der Waals surface area contributed by atoms with Gasteiger partial charge < -0.3 is 31.0 Å². The Balaban J connectivity index is 1.67. The van der Waals surface area contributed by atoms with E-state index in [9.17, 15) is 10.2 Å². The second-order valence-electron chi connectivity index (χ2n) is 7.23. The van der Waals surface area contributed by atoms with Crippen molar-refractivity contribution in [3.63, 3.8) is 0 Å². The lowest BCUT2D eigenvalue weighted by atomic mass is 9.89. The van der Waals surface area contributed by atoms with E-state index in [-0.39, 0.29) is 0 Å². The molecule has 3 aromatic rings. The van der Waals surface area contributed by atoms with E-state index in [1.807, 2.05) is 6.07 Å². The average Bonchev–Trinajstić information content (AvgIpc) is 3.18. The van der Waals surface area contributed by atoms with Crippen molar-refractivity contribution in [2.45, 2.75) is 43.9 Å². The summed E-state index contributed by atoms with van der Waals surface area (Å²) in [5, 5.41) is 23.1. The Kier molecular flexibility index (Phi) is 4.76. The molecule has 0 amide bonds. The molecule has 1 aromatic carbocycles. The molecule has 1 fully saturated rings. The van der Waals surface area contributed by atoms with Crippen LogP contribution in [0.15, 0.2) is 36.8 Å². The molecule has 9 heteroatoms. The van der Waals surface area contributed by atoms with Gasteiger partial charge in [0.15, 0.2) is 6.23 Å². The lowest BCUT2D eigenvalue weighted by Crippen LogP contribution is -2.45. The molecule has 28 heavy (non-hydrogen) atoms. The van der Waals surface area contributed by atoms with Gasteiger partial charge in [-0.05, 0) is 36.2 Å². The Morgan fingerprint density at radius 2 is 2.07 bits per heavy atom. The molecule has 4 atom stereocenters. The molecular weight excluding hydrogens is 382 g/mol. The molecule has 6 N–H and O–H groups in total. The summed E-state index contributed by atoms with van der Waals surface area (Å²) in [6.45, 7) is 1.88. The van der Waals surface area contributed by atoms with Crippen molar-refractivity contribution in [3.05, 3.63) is 52.9 Å². The lowest BCUT2D eigenvalue weighted by molar-refractivity contribution is -0.0627. The Labute approximate surface area is 166 Å². The van der Waals surface area contributed by atoms with Crippen LogP contribution in [-0.2, 0) is 17.7 Å². The summed E-state index contributed by atoms with van der Waals surface area (Å²) in [4.78, 5) is 8.21. The first-order chi connectivity index (χ1) is 13.3. The molecule has 1 aliphatic rings. The first kappa shape index (κ1) is 19.1. The quantitative estimate of drug-likeness (QED) is 0.517. The second kappa shape index (κ2) is 6.98. The van der Waals surface area contributed by atoms with Crippen LogP contribution in [0.5, 0.6) is 0 Å². The standard InChI is InChI=1S/C19H22ClN5O3/c1-19(27)14(7-10-2-3-12(20)6-11(10)8-21)28-18(15(19)26)25-5-4-13-16(22)23-9-24-17(13)25/h2-6,9,14-15,18,26-27H,7-8,21H2,1H3,(H2,22,23,24)/t14-,15+,18-,19-/m1/s1. The van der Waals surface area contributed by atoms with Crippen LogP contribution in [0.2, 0.25) is 5.02 Å². The zero-order chi connectivity index (χ0) is 20.1. The van der Waals surface area contributed by atoms with Gasteiger partial charge in [0.1, 0.15) is 29.5 Å². The third kappa shape index (κ3) is 3.03.